The van der Waals surface area contributed by atoms with Gasteiger partial charge in [0.1, 0.15) is 6.20 Å². The molecule has 0 unspecified atom stereocenters. The number of benzene rings is 1. The largest absolute Gasteiger partial charge is 0.358 e. The Balaban J connectivity index is 1.73. The fourth-order valence-electron chi connectivity index (χ4n) is 2.03. The molecule has 10 nitrogen and oxygen atoms in total. The van der Waals surface area contributed by atoms with E-state index in [1.807, 2.05) is 0 Å². The molecular formula is C13H10N6O4S2. The van der Waals surface area contributed by atoms with Crippen molar-refractivity contribution in [1.29, 1.82) is 0 Å². The third-order valence-corrected chi connectivity index (χ3v) is 5.36. The van der Waals surface area contributed by atoms with Gasteiger partial charge in [0.2, 0.25) is 5.01 Å². The van der Waals surface area contributed by atoms with Crippen LogP contribution in [0.3, 0.4) is 0 Å². The van der Waals surface area contributed by atoms with Gasteiger partial charge < -0.3 is 10.1 Å². The number of hydrogen-bond donors (Lipinski definition) is 0. The van der Waals surface area contributed by atoms with Crippen LogP contribution in [0.4, 0.5) is 11.5 Å². The molecule has 1 aromatic carbocycles. The number of aromatic nitrogens is 4. The van der Waals surface area contributed by atoms with Crippen LogP contribution in [0.2, 0.25) is 0 Å². The number of imidazole rings is 1. The summed E-state index contributed by atoms with van der Waals surface area (Å²) >= 11 is 2.64. The second-order valence-electron chi connectivity index (χ2n) is 4.84. The average Bonchev–Trinajstić information content (AvgIpc) is 3.19. The van der Waals surface area contributed by atoms with E-state index < -0.39 is 9.85 Å². The summed E-state index contributed by atoms with van der Waals surface area (Å²) in [6, 6.07) is 6.37. The first-order valence-corrected chi connectivity index (χ1v) is 8.62. The van der Waals surface area contributed by atoms with Crippen LogP contribution in [0.5, 0.6) is 0 Å². The summed E-state index contributed by atoms with van der Waals surface area (Å²) in [6.45, 7) is 0. The van der Waals surface area contributed by atoms with Crippen LogP contribution < -0.4 is 0 Å². The molecule has 3 rings (SSSR count). The average molecular weight is 378 g/mol. The number of thioether (sulfide) groups is 1. The van der Waals surface area contributed by atoms with Crippen LogP contribution in [0.25, 0.3) is 10.8 Å². The highest BCUT2D eigenvalue weighted by atomic mass is 32.2. The van der Waals surface area contributed by atoms with Gasteiger partial charge in [0.05, 0.1) is 12.0 Å². The number of nitrogens with zero attached hydrogens (tertiary/aromatic N) is 6. The molecule has 0 bridgehead atoms. The molecular weight excluding hydrogens is 368 g/mol. The zero-order chi connectivity index (χ0) is 18.0. The highest BCUT2D eigenvalue weighted by Gasteiger charge is 2.21. The van der Waals surface area contributed by atoms with Crippen LogP contribution in [0.1, 0.15) is 5.56 Å². The molecule has 0 saturated carbocycles. The molecule has 0 atom stereocenters. The van der Waals surface area contributed by atoms with E-state index >= 15 is 0 Å². The summed E-state index contributed by atoms with van der Waals surface area (Å²) in [5, 5.41) is 30.2. The number of non-ortho nitro benzene ring substituents is 1. The van der Waals surface area contributed by atoms with Gasteiger partial charge in [-0.3, -0.25) is 10.1 Å². The maximum atomic E-state index is 10.9. The third kappa shape index (κ3) is 3.64. The van der Waals surface area contributed by atoms with E-state index in [2.05, 4.69) is 15.2 Å². The maximum Gasteiger partial charge on any atom is 0.342 e. The first-order chi connectivity index (χ1) is 12.0. The molecule has 0 spiro atoms. The summed E-state index contributed by atoms with van der Waals surface area (Å²) < 4.78 is 1.99. The van der Waals surface area contributed by atoms with Crippen molar-refractivity contribution in [2.24, 2.45) is 7.05 Å². The van der Waals surface area contributed by atoms with Gasteiger partial charge in [0.25, 0.3) is 11.5 Å². The van der Waals surface area contributed by atoms with Gasteiger partial charge >= 0.3 is 5.82 Å². The molecule has 0 aliphatic heterocycles. The Labute approximate surface area is 148 Å². The van der Waals surface area contributed by atoms with E-state index in [1.165, 1.54) is 53.0 Å². The maximum absolute atomic E-state index is 10.9. The van der Waals surface area contributed by atoms with Crippen LogP contribution in [0, 0.1) is 20.2 Å². The molecule has 25 heavy (non-hydrogen) atoms. The molecule has 0 N–H and O–H groups in total. The van der Waals surface area contributed by atoms with Gasteiger partial charge in [-0.15, -0.1) is 10.2 Å². The zero-order valence-electron chi connectivity index (χ0n) is 12.7. The van der Waals surface area contributed by atoms with Gasteiger partial charge in [-0.25, -0.2) is 9.55 Å². The second-order valence-corrected chi connectivity index (χ2v) is 7.04. The van der Waals surface area contributed by atoms with E-state index in [4.69, 9.17) is 0 Å². The van der Waals surface area contributed by atoms with Crippen molar-refractivity contribution in [1.82, 2.24) is 19.7 Å². The van der Waals surface area contributed by atoms with Gasteiger partial charge in [-0.2, -0.15) is 0 Å². The lowest BCUT2D eigenvalue weighted by molar-refractivity contribution is -0.391. The van der Waals surface area contributed by atoms with E-state index in [0.717, 1.165) is 5.56 Å². The van der Waals surface area contributed by atoms with Crippen molar-refractivity contribution >= 4 is 34.6 Å². The van der Waals surface area contributed by atoms with Crippen molar-refractivity contribution in [3.05, 3.63) is 56.3 Å². The Kier molecular flexibility index (Phi) is 4.72. The summed E-state index contributed by atoms with van der Waals surface area (Å²) in [5.41, 5.74) is 0.833. The fraction of sp³-hybridized carbons (Fsp3) is 0.154. The van der Waals surface area contributed by atoms with Crippen molar-refractivity contribution in [2.75, 3.05) is 0 Å². The van der Waals surface area contributed by atoms with Gasteiger partial charge in [-0.05, 0) is 10.5 Å². The highest BCUT2D eigenvalue weighted by molar-refractivity contribution is 8.00. The predicted octanol–water partition coefficient (Wildman–Crippen LogP) is 3.05. The smallest absolute Gasteiger partial charge is 0.342 e. The van der Waals surface area contributed by atoms with E-state index in [1.54, 1.807) is 12.1 Å². The minimum absolute atomic E-state index is 0.0383. The Morgan fingerprint density at radius 2 is 2.04 bits per heavy atom. The molecule has 0 fully saturated rings. The van der Waals surface area contributed by atoms with Crippen molar-refractivity contribution in [2.45, 2.75) is 10.1 Å². The SMILES string of the molecule is Cn1c([N+](=O)[O-])cnc1-c1nnc(SCc2cccc([N+](=O)[O-])c2)s1. The summed E-state index contributed by atoms with van der Waals surface area (Å²) in [7, 11) is 1.54. The summed E-state index contributed by atoms with van der Waals surface area (Å²) in [4.78, 5) is 24.7. The lowest BCUT2D eigenvalue weighted by atomic mass is 10.2. The van der Waals surface area contributed by atoms with Gasteiger partial charge in [-0.1, -0.05) is 35.2 Å². The van der Waals surface area contributed by atoms with Gasteiger partial charge in [0, 0.05) is 17.9 Å². The van der Waals surface area contributed by atoms with Crippen LogP contribution >= 0.6 is 23.1 Å². The second kappa shape index (κ2) is 6.94. The number of rotatable bonds is 6. The van der Waals surface area contributed by atoms with Crippen molar-refractivity contribution in [3.8, 4) is 10.8 Å². The molecule has 0 saturated heterocycles. The Hall–Kier alpha value is -2.86. The van der Waals surface area contributed by atoms with Gasteiger partial charge in [0.15, 0.2) is 4.34 Å². The Morgan fingerprint density at radius 3 is 2.72 bits per heavy atom. The monoisotopic (exact) mass is 378 g/mol. The molecule has 3 aromatic rings. The molecule has 0 aliphatic rings. The van der Waals surface area contributed by atoms with Crippen molar-refractivity contribution < 1.29 is 9.85 Å². The Bertz CT molecular complexity index is 954. The minimum atomic E-state index is -0.518. The van der Waals surface area contributed by atoms with E-state index in [0.29, 0.717) is 20.9 Å². The first kappa shape index (κ1) is 17.0. The zero-order valence-corrected chi connectivity index (χ0v) is 14.4. The van der Waals surface area contributed by atoms with Crippen LogP contribution in [-0.2, 0) is 12.8 Å². The molecule has 128 valence electrons. The molecule has 0 aliphatic carbocycles. The normalized spacial score (nSPS) is 10.8. The number of nitro benzene ring substituents is 1. The molecule has 2 heterocycles. The van der Waals surface area contributed by atoms with Crippen molar-refractivity contribution in [3.63, 3.8) is 0 Å². The summed E-state index contributed by atoms with van der Waals surface area (Å²) in [5.74, 6) is 0.735. The third-order valence-electron chi connectivity index (χ3n) is 3.23. The molecule has 0 amide bonds. The minimum Gasteiger partial charge on any atom is -0.358 e. The topological polar surface area (TPSA) is 130 Å². The quantitative estimate of drug-likeness (QED) is 0.363. The fourth-order valence-corrected chi connectivity index (χ4v) is 3.86. The van der Waals surface area contributed by atoms with E-state index in [-0.39, 0.29) is 11.5 Å². The molecule has 12 heteroatoms. The van der Waals surface area contributed by atoms with Crippen LogP contribution in [-0.4, -0.2) is 29.6 Å². The number of nitro groups is 2. The Morgan fingerprint density at radius 1 is 1.24 bits per heavy atom. The highest BCUT2D eigenvalue weighted by Crippen LogP contribution is 2.32. The van der Waals surface area contributed by atoms with E-state index in [9.17, 15) is 20.2 Å². The lowest BCUT2D eigenvalue weighted by Gasteiger charge is -1.98. The summed E-state index contributed by atoms with van der Waals surface area (Å²) in [6.07, 6.45) is 1.17. The lowest BCUT2D eigenvalue weighted by Crippen LogP contribution is -1.98. The first-order valence-electron chi connectivity index (χ1n) is 6.82. The molecule has 0 radical (unpaired) electrons. The predicted molar refractivity (Wildman–Crippen MR) is 91.4 cm³/mol. The molecule has 2 aromatic heterocycles. The van der Waals surface area contributed by atoms with Crippen LogP contribution in [0.15, 0.2) is 34.8 Å². The standard InChI is InChI=1S/C13H10N6O4S2/c1-17-10(19(22)23)6-14-11(17)12-15-16-13(25-12)24-7-8-3-2-4-9(5-8)18(20)21/h2-6H,7H2,1H3. The number of hydrogen-bond acceptors (Lipinski definition) is 9.